The van der Waals surface area contributed by atoms with Gasteiger partial charge in [0.15, 0.2) is 0 Å². The Kier molecular flexibility index (Phi) is 7.87. The van der Waals surface area contributed by atoms with Gasteiger partial charge in [-0.15, -0.1) is 0 Å². The SMILES string of the molecule is c1ccc(-c2cc(-c3ccccc3)cc(-n3c4ccccc4c4cc(-c5ccc6c(c5)c5ccccc5n6-c5cncc(-n6c7ccccc7c7ccccc76)c5)ccc43)c2)cc1. The number of hydrogen-bond acceptors (Lipinski definition) is 1. The highest BCUT2D eigenvalue weighted by atomic mass is 15.0. The van der Waals surface area contributed by atoms with Crippen molar-refractivity contribution >= 4 is 65.4 Å². The van der Waals surface area contributed by atoms with Crippen LogP contribution >= 0.6 is 0 Å². The highest BCUT2D eigenvalue weighted by Crippen LogP contribution is 2.40. The van der Waals surface area contributed by atoms with E-state index in [4.69, 9.17) is 4.98 Å². The highest BCUT2D eigenvalue weighted by Gasteiger charge is 2.19. The van der Waals surface area contributed by atoms with Crippen LogP contribution in [0.3, 0.4) is 0 Å². The van der Waals surface area contributed by atoms with Gasteiger partial charge in [-0.1, -0.05) is 146 Å². The van der Waals surface area contributed by atoms with Crippen molar-refractivity contribution in [1.82, 2.24) is 18.7 Å². The van der Waals surface area contributed by atoms with Crippen molar-refractivity contribution < 1.29 is 0 Å². The van der Waals surface area contributed by atoms with E-state index in [1.165, 1.54) is 87.8 Å². The molecule has 9 aromatic carbocycles. The molecule has 4 heteroatoms. The quantitative estimate of drug-likeness (QED) is 0.165. The van der Waals surface area contributed by atoms with Crippen molar-refractivity contribution in [3.63, 3.8) is 0 Å². The van der Waals surface area contributed by atoms with Crippen LogP contribution in [0.25, 0.3) is 116 Å². The largest absolute Gasteiger partial charge is 0.309 e. The second-order valence-electron chi connectivity index (χ2n) is 16.4. The first-order valence-corrected chi connectivity index (χ1v) is 21.5. The maximum atomic E-state index is 4.86. The molecule has 0 unspecified atom stereocenters. The van der Waals surface area contributed by atoms with Crippen LogP contribution in [0, 0.1) is 0 Å². The Morgan fingerprint density at radius 1 is 0.222 bits per heavy atom. The monoisotopic (exact) mass is 802 g/mol. The fourth-order valence-corrected chi connectivity index (χ4v) is 10.1. The van der Waals surface area contributed by atoms with Gasteiger partial charge in [0.05, 0.1) is 56.9 Å². The van der Waals surface area contributed by atoms with Gasteiger partial charge in [0.25, 0.3) is 0 Å². The molecule has 0 spiro atoms. The number of nitrogens with zero attached hydrogens (tertiary/aromatic N) is 4. The summed E-state index contributed by atoms with van der Waals surface area (Å²) >= 11 is 0. The number of para-hydroxylation sites is 4. The molecule has 4 nitrogen and oxygen atoms in total. The molecule has 13 rings (SSSR count). The van der Waals surface area contributed by atoms with E-state index >= 15 is 0 Å². The lowest BCUT2D eigenvalue weighted by molar-refractivity contribution is 1.09. The van der Waals surface area contributed by atoms with Crippen LogP contribution in [0.4, 0.5) is 0 Å². The van der Waals surface area contributed by atoms with Crippen LogP contribution < -0.4 is 0 Å². The average molecular weight is 803 g/mol. The number of aromatic nitrogens is 4. The first-order valence-electron chi connectivity index (χ1n) is 21.5. The molecule has 13 aromatic rings. The summed E-state index contributed by atoms with van der Waals surface area (Å²) in [6, 6.07) is 79.4. The number of rotatable bonds is 6. The minimum atomic E-state index is 1.02. The zero-order valence-electron chi connectivity index (χ0n) is 34.2. The first-order chi connectivity index (χ1) is 31.2. The maximum Gasteiger partial charge on any atom is 0.0666 e. The molecule has 0 bridgehead atoms. The molecule has 0 radical (unpaired) electrons. The van der Waals surface area contributed by atoms with Crippen LogP contribution in [-0.2, 0) is 0 Å². The number of fused-ring (bicyclic) bond motifs is 9. The molecule has 0 aliphatic heterocycles. The summed E-state index contributed by atoms with van der Waals surface area (Å²) < 4.78 is 7.14. The topological polar surface area (TPSA) is 27.7 Å². The molecule has 0 saturated carbocycles. The Bertz CT molecular complexity index is 3800. The third-order valence-corrected chi connectivity index (χ3v) is 12.9. The molecule has 0 aliphatic rings. The number of pyridine rings is 1. The molecule has 63 heavy (non-hydrogen) atoms. The van der Waals surface area contributed by atoms with Crippen molar-refractivity contribution in [1.29, 1.82) is 0 Å². The Morgan fingerprint density at radius 2 is 0.571 bits per heavy atom. The third-order valence-electron chi connectivity index (χ3n) is 12.9. The van der Waals surface area contributed by atoms with Crippen LogP contribution in [0.5, 0.6) is 0 Å². The minimum Gasteiger partial charge on any atom is -0.309 e. The summed E-state index contributed by atoms with van der Waals surface area (Å²) in [7, 11) is 0. The van der Waals surface area contributed by atoms with E-state index in [1.807, 2.05) is 12.4 Å². The normalized spacial score (nSPS) is 11.8. The molecule has 0 fully saturated rings. The Labute approximate surface area is 363 Å². The van der Waals surface area contributed by atoms with Crippen molar-refractivity contribution in [3.05, 3.63) is 231 Å². The van der Waals surface area contributed by atoms with E-state index in [0.29, 0.717) is 0 Å². The zero-order valence-corrected chi connectivity index (χ0v) is 34.2. The fourth-order valence-electron chi connectivity index (χ4n) is 10.1. The van der Waals surface area contributed by atoms with E-state index in [9.17, 15) is 0 Å². The number of benzene rings is 9. The van der Waals surface area contributed by atoms with Crippen LogP contribution in [-0.4, -0.2) is 18.7 Å². The molecular formula is C59H38N4. The van der Waals surface area contributed by atoms with Crippen molar-refractivity contribution in [3.8, 4) is 50.4 Å². The summed E-state index contributed by atoms with van der Waals surface area (Å²) in [5.74, 6) is 0. The standard InChI is InChI=1S/C59H38N4/c1-3-15-39(16-4-1)43-31-44(40-17-5-2-6-18-40)33-45(32-43)61-56-25-13-9-21-50(56)52-34-41(27-29-58(52)61)42-28-30-59-53(35-42)51-22-10-14-26-57(51)63(59)47-36-46(37-60-38-47)62-54-23-11-7-19-48(54)49-20-8-12-24-55(49)62/h1-38H. The van der Waals surface area contributed by atoms with Crippen LogP contribution in [0.15, 0.2) is 231 Å². The first kappa shape index (κ1) is 35.3. The highest BCUT2D eigenvalue weighted by molar-refractivity contribution is 6.13. The zero-order chi connectivity index (χ0) is 41.4. The van der Waals surface area contributed by atoms with Gasteiger partial charge in [0.2, 0.25) is 0 Å². The molecule has 4 aromatic heterocycles. The van der Waals surface area contributed by atoms with Gasteiger partial charge in [-0.25, -0.2) is 0 Å². The van der Waals surface area contributed by atoms with Gasteiger partial charge < -0.3 is 13.7 Å². The van der Waals surface area contributed by atoms with Crippen LogP contribution in [0.1, 0.15) is 0 Å². The fraction of sp³-hybridized carbons (Fsp3) is 0. The van der Waals surface area contributed by atoms with Gasteiger partial charge in [0.1, 0.15) is 0 Å². The summed E-state index contributed by atoms with van der Waals surface area (Å²) in [4.78, 5) is 4.86. The lowest BCUT2D eigenvalue weighted by atomic mass is 9.98. The smallest absolute Gasteiger partial charge is 0.0666 e. The van der Waals surface area contributed by atoms with E-state index in [-0.39, 0.29) is 0 Å². The van der Waals surface area contributed by atoms with Crippen molar-refractivity contribution in [2.45, 2.75) is 0 Å². The minimum absolute atomic E-state index is 1.02. The van der Waals surface area contributed by atoms with E-state index in [1.54, 1.807) is 0 Å². The molecule has 4 heterocycles. The van der Waals surface area contributed by atoms with Crippen molar-refractivity contribution in [2.75, 3.05) is 0 Å². The van der Waals surface area contributed by atoms with Crippen LogP contribution in [0.2, 0.25) is 0 Å². The summed E-state index contributed by atoms with van der Waals surface area (Å²) in [6.07, 6.45) is 3.96. The van der Waals surface area contributed by atoms with Gasteiger partial charge in [0, 0.05) is 38.0 Å². The lowest BCUT2D eigenvalue weighted by Gasteiger charge is -2.14. The average Bonchev–Trinajstić information content (AvgIpc) is 4.00. The Balaban J connectivity index is 0.959. The Morgan fingerprint density at radius 3 is 1.00 bits per heavy atom. The molecule has 0 saturated heterocycles. The predicted molar refractivity (Wildman–Crippen MR) is 264 cm³/mol. The number of hydrogen-bond donors (Lipinski definition) is 0. The van der Waals surface area contributed by atoms with Gasteiger partial charge in [-0.05, 0) is 106 Å². The van der Waals surface area contributed by atoms with E-state index in [0.717, 1.165) is 28.1 Å². The summed E-state index contributed by atoms with van der Waals surface area (Å²) in [5.41, 5.74) is 17.3. The van der Waals surface area contributed by atoms with Gasteiger partial charge in [-0.2, -0.15) is 0 Å². The second kappa shape index (κ2) is 14.1. The summed E-state index contributed by atoms with van der Waals surface area (Å²) in [6.45, 7) is 0. The lowest BCUT2D eigenvalue weighted by Crippen LogP contribution is -1.99. The van der Waals surface area contributed by atoms with Crippen molar-refractivity contribution in [2.24, 2.45) is 0 Å². The summed E-state index contributed by atoms with van der Waals surface area (Å²) in [5, 5.41) is 7.35. The second-order valence-corrected chi connectivity index (χ2v) is 16.4. The molecule has 0 aliphatic carbocycles. The van der Waals surface area contributed by atoms with Gasteiger partial charge >= 0.3 is 0 Å². The molecule has 0 amide bonds. The van der Waals surface area contributed by atoms with E-state index < -0.39 is 0 Å². The molecule has 0 atom stereocenters. The third kappa shape index (κ3) is 5.59. The Hall–Kier alpha value is -8.47. The molecular weight excluding hydrogens is 765 g/mol. The molecule has 0 N–H and O–H groups in total. The predicted octanol–water partition coefficient (Wildman–Crippen LogP) is 15.4. The maximum absolute atomic E-state index is 4.86. The van der Waals surface area contributed by atoms with Gasteiger partial charge in [-0.3, -0.25) is 4.98 Å². The molecule has 294 valence electrons. The van der Waals surface area contributed by atoms with E-state index in [2.05, 4.69) is 232 Å².